The molecule has 3 aromatic carbocycles. The van der Waals surface area contributed by atoms with Gasteiger partial charge in [-0.05, 0) is 41.5 Å². The Labute approximate surface area is 174 Å². The first-order valence-electron chi connectivity index (χ1n) is 10.2. The van der Waals surface area contributed by atoms with Gasteiger partial charge in [-0.3, -0.25) is 9.59 Å². The number of hydrogen-bond acceptors (Lipinski definition) is 3. The summed E-state index contributed by atoms with van der Waals surface area (Å²) < 4.78 is 0. The second-order valence-electron chi connectivity index (χ2n) is 7.60. The summed E-state index contributed by atoms with van der Waals surface area (Å²) in [5, 5.41) is 2.03. The Morgan fingerprint density at radius 3 is 2.47 bits per heavy atom. The number of aromatic nitrogens is 2. The highest BCUT2D eigenvalue weighted by atomic mass is 16.2. The number of nitrogens with zero attached hydrogens (tertiary/aromatic N) is 3. The number of amides is 2. The molecule has 30 heavy (non-hydrogen) atoms. The van der Waals surface area contributed by atoms with Crippen LogP contribution in [0.25, 0.3) is 21.8 Å². The normalized spacial score (nSPS) is 14.8. The molecule has 0 bridgehead atoms. The fraction of sp³-hybridized carbons (Fsp3) is 0.208. The molecule has 0 unspecified atom stereocenters. The fourth-order valence-electron chi connectivity index (χ4n) is 4.16. The predicted octanol–water partition coefficient (Wildman–Crippen LogP) is 3.70. The standard InChI is InChI=1S/C24H22N4O2/c29-23(18-9-10-21-22(15-18)26-16-25-21)27-11-4-12-28(14-13-27)24(30)20-8-3-6-17-5-1-2-7-19(17)20/h1-3,5-10,15-16H,4,11-14H2,(H,25,26). The van der Waals surface area contributed by atoms with Gasteiger partial charge in [-0.1, -0.05) is 36.4 Å². The van der Waals surface area contributed by atoms with E-state index in [0.717, 1.165) is 33.8 Å². The van der Waals surface area contributed by atoms with Crippen LogP contribution in [0.3, 0.4) is 0 Å². The smallest absolute Gasteiger partial charge is 0.254 e. The predicted molar refractivity (Wildman–Crippen MR) is 116 cm³/mol. The number of H-pyrrole nitrogens is 1. The molecule has 1 N–H and O–H groups in total. The molecule has 1 aliphatic heterocycles. The Hall–Kier alpha value is -3.67. The molecule has 5 rings (SSSR count). The van der Waals surface area contributed by atoms with Crippen LogP contribution < -0.4 is 0 Å². The molecule has 1 fully saturated rings. The van der Waals surface area contributed by atoms with Crippen molar-refractivity contribution in [2.24, 2.45) is 0 Å². The van der Waals surface area contributed by atoms with Gasteiger partial charge in [-0.15, -0.1) is 0 Å². The number of imidazole rings is 1. The lowest BCUT2D eigenvalue weighted by Gasteiger charge is -2.23. The second kappa shape index (κ2) is 7.63. The highest BCUT2D eigenvalue weighted by Gasteiger charge is 2.24. The SMILES string of the molecule is O=C(c1ccc2nc[nH]c2c1)N1CCCN(C(=O)c2cccc3ccccc23)CC1. The quantitative estimate of drug-likeness (QED) is 0.560. The number of fused-ring (bicyclic) bond motifs is 2. The van der Waals surface area contributed by atoms with Gasteiger partial charge in [0.15, 0.2) is 0 Å². The minimum Gasteiger partial charge on any atom is -0.345 e. The Morgan fingerprint density at radius 2 is 1.60 bits per heavy atom. The van der Waals surface area contributed by atoms with Gasteiger partial charge in [0, 0.05) is 37.3 Å². The first-order chi connectivity index (χ1) is 14.7. The Bertz CT molecular complexity index is 1240. The first-order valence-corrected chi connectivity index (χ1v) is 10.2. The van der Waals surface area contributed by atoms with Crippen molar-refractivity contribution in [1.82, 2.24) is 19.8 Å². The van der Waals surface area contributed by atoms with Gasteiger partial charge in [0.1, 0.15) is 0 Å². The van der Waals surface area contributed by atoms with Gasteiger partial charge in [0.25, 0.3) is 11.8 Å². The number of carbonyl (C=O) groups is 2. The van der Waals surface area contributed by atoms with Crippen molar-refractivity contribution < 1.29 is 9.59 Å². The number of rotatable bonds is 2. The minimum atomic E-state index is -0.00837. The molecule has 1 aliphatic rings. The first kappa shape index (κ1) is 18.4. The van der Waals surface area contributed by atoms with E-state index >= 15 is 0 Å². The zero-order valence-electron chi connectivity index (χ0n) is 16.5. The highest BCUT2D eigenvalue weighted by molar-refractivity contribution is 6.07. The van der Waals surface area contributed by atoms with E-state index in [1.165, 1.54) is 0 Å². The molecule has 1 aromatic heterocycles. The number of carbonyl (C=O) groups excluding carboxylic acids is 2. The van der Waals surface area contributed by atoms with E-state index in [1.807, 2.05) is 70.5 Å². The molecule has 1 saturated heterocycles. The van der Waals surface area contributed by atoms with Crippen LogP contribution >= 0.6 is 0 Å². The van der Waals surface area contributed by atoms with Crippen molar-refractivity contribution in [3.05, 3.63) is 78.1 Å². The maximum absolute atomic E-state index is 13.2. The monoisotopic (exact) mass is 398 g/mol. The Balaban J connectivity index is 1.33. The lowest BCUT2D eigenvalue weighted by molar-refractivity contribution is 0.0720. The van der Waals surface area contributed by atoms with Gasteiger partial charge in [-0.25, -0.2) is 4.98 Å². The molecular formula is C24H22N4O2. The van der Waals surface area contributed by atoms with Gasteiger partial charge in [-0.2, -0.15) is 0 Å². The van der Waals surface area contributed by atoms with Crippen LogP contribution in [-0.2, 0) is 0 Å². The van der Waals surface area contributed by atoms with E-state index in [0.29, 0.717) is 31.7 Å². The van der Waals surface area contributed by atoms with Crippen LogP contribution in [0.5, 0.6) is 0 Å². The summed E-state index contributed by atoms with van der Waals surface area (Å²) >= 11 is 0. The topological polar surface area (TPSA) is 69.3 Å². The lowest BCUT2D eigenvalue weighted by atomic mass is 10.0. The molecule has 0 aliphatic carbocycles. The number of hydrogen-bond donors (Lipinski definition) is 1. The van der Waals surface area contributed by atoms with Crippen molar-refractivity contribution in [3.8, 4) is 0 Å². The molecule has 0 saturated carbocycles. The minimum absolute atomic E-state index is 0.00837. The van der Waals surface area contributed by atoms with E-state index in [2.05, 4.69) is 9.97 Å². The molecule has 0 spiro atoms. The molecule has 0 atom stereocenters. The van der Waals surface area contributed by atoms with Gasteiger partial charge < -0.3 is 14.8 Å². The van der Waals surface area contributed by atoms with Crippen LogP contribution in [-0.4, -0.2) is 57.8 Å². The zero-order valence-corrected chi connectivity index (χ0v) is 16.5. The van der Waals surface area contributed by atoms with Crippen molar-refractivity contribution in [2.75, 3.05) is 26.2 Å². The average Bonchev–Trinajstić information content (AvgIpc) is 3.12. The zero-order chi connectivity index (χ0) is 20.5. The fourth-order valence-corrected chi connectivity index (χ4v) is 4.16. The summed E-state index contributed by atoms with van der Waals surface area (Å²) in [5.41, 5.74) is 3.05. The molecular weight excluding hydrogens is 376 g/mol. The van der Waals surface area contributed by atoms with Crippen LogP contribution in [0, 0.1) is 0 Å². The number of aromatic amines is 1. The summed E-state index contributed by atoms with van der Waals surface area (Å²) in [6.45, 7) is 2.33. The van der Waals surface area contributed by atoms with E-state index < -0.39 is 0 Å². The van der Waals surface area contributed by atoms with Crippen molar-refractivity contribution in [3.63, 3.8) is 0 Å². The molecule has 150 valence electrons. The van der Waals surface area contributed by atoms with Crippen molar-refractivity contribution in [2.45, 2.75) is 6.42 Å². The van der Waals surface area contributed by atoms with Crippen LogP contribution in [0.4, 0.5) is 0 Å². The van der Waals surface area contributed by atoms with E-state index in [4.69, 9.17) is 0 Å². The molecule has 0 radical (unpaired) electrons. The van der Waals surface area contributed by atoms with Gasteiger partial charge >= 0.3 is 0 Å². The average molecular weight is 398 g/mol. The summed E-state index contributed by atoms with van der Waals surface area (Å²) in [6, 6.07) is 19.3. The number of benzene rings is 3. The van der Waals surface area contributed by atoms with Crippen LogP contribution in [0.2, 0.25) is 0 Å². The van der Waals surface area contributed by atoms with E-state index in [9.17, 15) is 9.59 Å². The molecule has 6 heteroatoms. The molecule has 2 heterocycles. The third-order valence-corrected chi connectivity index (χ3v) is 5.76. The van der Waals surface area contributed by atoms with Crippen LogP contribution in [0.1, 0.15) is 27.1 Å². The summed E-state index contributed by atoms with van der Waals surface area (Å²) in [6.07, 6.45) is 2.39. The Kier molecular flexibility index (Phi) is 4.67. The Morgan fingerprint density at radius 1 is 0.833 bits per heavy atom. The molecule has 6 nitrogen and oxygen atoms in total. The second-order valence-corrected chi connectivity index (χ2v) is 7.60. The van der Waals surface area contributed by atoms with Gasteiger partial charge in [0.2, 0.25) is 0 Å². The third-order valence-electron chi connectivity index (χ3n) is 5.76. The summed E-state index contributed by atoms with van der Waals surface area (Å²) in [7, 11) is 0. The van der Waals surface area contributed by atoms with Crippen molar-refractivity contribution >= 4 is 33.6 Å². The summed E-state index contributed by atoms with van der Waals surface area (Å²) in [4.78, 5) is 37.2. The lowest BCUT2D eigenvalue weighted by Crippen LogP contribution is -2.37. The maximum atomic E-state index is 13.2. The maximum Gasteiger partial charge on any atom is 0.254 e. The van der Waals surface area contributed by atoms with E-state index in [1.54, 1.807) is 6.33 Å². The third kappa shape index (κ3) is 3.30. The molecule has 4 aromatic rings. The summed E-state index contributed by atoms with van der Waals surface area (Å²) in [5.74, 6) is 0.0194. The van der Waals surface area contributed by atoms with Crippen molar-refractivity contribution in [1.29, 1.82) is 0 Å². The largest absolute Gasteiger partial charge is 0.345 e. The van der Waals surface area contributed by atoms with E-state index in [-0.39, 0.29) is 11.8 Å². The van der Waals surface area contributed by atoms with Gasteiger partial charge in [0.05, 0.1) is 17.4 Å². The van der Waals surface area contributed by atoms with Crippen LogP contribution in [0.15, 0.2) is 67.0 Å². The highest BCUT2D eigenvalue weighted by Crippen LogP contribution is 2.21. The number of nitrogens with one attached hydrogen (secondary N) is 1. The molecule has 2 amide bonds.